The number of rotatable bonds is 7. The van der Waals surface area contributed by atoms with Crippen LogP contribution in [0.5, 0.6) is 5.75 Å². The smallest absolute Gasteiger partial charge is 0.387 e. The highest BCUT2D eigenvalue weighted by Gasteiger charge is 2.39. The van der Waals surface area contributed by atoms with Gasteiger partial charge in [0.25, 0.3) is 0 Å². The van der Waals surface area contributed by atoms with Gasteiger partial charge in [0.05, 0.1) is 4.90 Å². The number of hydrogen-bond donors (Lipinski definition) is 1. The number of carbonyl (C=O) groups is 1. The van der Waals surface area contributed by atoms with Gasteiger partial charge in [0.2, 0.25) is 15.9 Å². The van der Waals surface area contributed by atoms with Crippen molar-refractivity contribution in [3.05, 3.63) is 60.2 Å². The van der Waals surface area contributed by atoms with Crippen molar-refractivity contribution in [3.63, 3.8) is 0 Å². The highest BCUT2D eigenvalue weighted by Crippen LogP contribution is 2.26. The van der Waals surface area contributed by atoms with E-state index in [1.54, 1.807) is 30.3 Å². The number of nitrogens with one attached hydrogen (secondary N) is 1. The molecule has 1 fully saturated rings. The predicted molar refractivity (Wildman–Crippen MR) is 98.3 cm³/mol. The van der Waals surface area contributed by atoms with E-state index in [1.165, 1.54) is 28.6 Å². The summed E-state index contributed by atoms with van der Waals surface area (Å²) in [7, 11) is -3.77. The first-order valence-electron chi connectivity index (χ1n) is 8.76. The van der Waals surface area contributed by atoms with Crippen LogP contribution in [0.2, 0.25) is 0 Å². The molecule has 9 heteroatoms. The molecule has 1 heterocycles. The molecule has 0 bridgehead atoms. The topological polar surface area (TPSA) is 75.7 Å². The number of nitrogens with zero attached hydrogens (tertiary/aromatic N) is 1. The Balaban J connectivity index is 1.67. The van der Waals surface area contributed by atoms with Crippen LogP contribution in [0.4, 0.5) is 8.78 Å². The monoisotopic (exact) mass is 410 g/mol. The van der Waals surface area contributed by atoms with Gasteiger partial charge in [-0.05, 0) is 42.7 Å². The summed E-state index contributed by atoms with van der Waals surface area (Å²) in [6.45, 7) is -2.58. The summed E-state index contributed by atoms with van der Waals surface area (Å²) in [5.74, 6) is -0.423. The first-order chi connectivity index (χ1) is 13.4. The molecule has 1 saturated heterocycles. The molecule has 1 atom stereocenters. The second-order valence-electron chi connectivity index (χ2n) is 6.33. The second kappa shape index (κ2) is 8.66. The highest BCUT2D eigenvalue weighted by molar-refractivity contribution is 7.89. The van der Waals surface area contributed by atoms with Gasteiger partial charge in [-0.15, -0.1) is 0 Å². The van der Waals surface area contributed by atoms with E-state index in [2.05, 4.69) is 10.1 Å². The summed E-state index contributed by atoms with van der Waals surface area (Å²) in [6.07, 6.45) is 1.01. The van der Waals surface area contributed by atoms with E-state index in [0.717, 1.165) is 0 Å². The lowest BCUT2D eigenvalue weighted by Gasteiger charge is -2.23. The Morgan fingerprint density at radius 1 is 1.18 bits per heavy atom. The van der Waals surface area contributed by atoms with Crippen LogP contribution in [0, 0.1) is 0 Å². The largest absolute Gasteiger partial charge is 0.435 e. The lowest BCUT2D eigenvalue weighted by atomic mass is 10.2. The zero-order valence-corrected chi connectivity index (χ0v) is 15.7. The SMILES string of the molecule is O=C(NCc1cccc(OC(F)F)c1)C1CCCN1S(=O)(=O)c1ccccc1. The van der Waals surface area contributed by atoms with Crippen LogP contribution in [-0.4, -0.2) is 37.8 Å². The van der Waals surface area contributed by atoms with Gasteiger partial charge >= 0.3 is 6.61 Å². The van der Waals surface area contributed by atoms with Gasteiger partial charge in [-0.25, -0.2) is 8.42 Å². The van der Waals surface area contributed by atoms with Gasteiger partial charge < -0.3 is 10.1 Å². The summed E-state index contributed by atoms with van der Waals surface area (Å²) < 4.78 is 55.8. The molecule has 28 heavy (non-hydrogen) atoms. The number of hydrogen-bond acceptors (Lipinski definition) is 4. The van der Waals surface area contributed by atoms with E-state index in [9.17, 15) is 22.0 Å². The molecule has 1 amide bonds. The van der Waals surface area contributed by atoms with Crippen LogP contribution in [0.15, 0.2) is 59.5 Å². The predicted octanol–water partition coefficient (Wildman–Crippen LogP) is 2.76. The molecule has 2 aromatic rings. The van der Waals surface area contributed by atoms with Crippen molar-refractivity contribution in [2.45, 2.75) is 36.9 Å². The summed E-state index contributed by atoms with van der Waals surface area (Å²) in [4.78, 5) is 12.7. The van der Waals surface area contributed by atoms with Crippen LogP contribution >= 0.6 is 0 Å². The quantitative estimate of drug-likeness (QED) is 0.762. The molecule has 0 aromatic heterocycles. The van der Waals surface area contributed by atoms with E-state index < -0.39 is 28.6 Å². The van der Waals surface area contributed by atoms with Crippen molar-refractivity contribution in [2.75, 3.05) is 6.54 Å². The minimum absolute atomic E-state index is 0.00380. The molecule has 0 saturated carbocycles. The molecular formula is C19H20F2N2O4S. The fourth-order valence-corrected chi connectivity index (χ4v) is 4.83. The lowest BCUT2D eigenvalue weighted by Crippen LogP contribution is -2.45. The second-order valence-corrected chi connectivity index (χ2v) is 8.22. The molecule has 2 aromatic carbocycles. The minimum Gasteiger partial charge on any atom is -0.435 e. The van der Waals surface area contributed by atoms with Crippen molar-refractivity contribution in [2.24, 2.45) is 0 Å². The third kappa shape index (κ3) is 4.66. The molecule has 1 unspecified atom stereocenters. The number of ether oxygens (including phenoxy) is 1. The summed E-state index contributed by atoms with van der Waals surface area (Å²) in [5.41, 5.74) is 0.571. The molecule has 0 radical (unpaired) electrons. The van der Waals surface area contributed by atoms with Crippen molar-refractivity contribution < 1.29 is 26.7 Å². The van der Waals surface area contributed by atoms with E-state index in [-0.39, 0.29) is 23.7 Å². The van der Waals surface area contributed by atoms with Gasteiger partial charge in [-0.3, -0.25) is 4.79 Å². The number of sulfonamides is 1. The maximum atomic E-state index is 12.8. The highest BCUT2D eigenvalue weighted by atomic mass is 32.2. The maximum Gasteiger partial charge on any atom is 0.387 e. The molecule has 6 nitrogen and oxygen atoms in total. The Labute approximate surface area is 162 Å². The van der Waals surface area contributed by atoms with Crippen LogP contribution in [-0.2, 0) is 21.4 Å². The number of amides is 1. The number of carbonyl (C=O) groups excluding carboxylic acids is 1. The van der Waals surface area contributed by atoms with Gasteiger partial charge in [0, 0.05) is 13.1 Å². The molecule has 0 aliphatic carbocycles. The van der Waals surface area contributed by atoms with Gasteiger partial charge in [-0.1, -0.05) is 30.3 Å². The van der Waals surface area contributed by atoms with Crippen molar-refractivity contribution in [3.8, 4) is 5.75 Å². The Kier molecular flexibility index (Phi) is 6.25. The average Bonchev–Trinajstić information content (AvgIpc) is 3.17. The summed E-state index contributed by atoms with van der Waals surface area (Å²) in [5, 5.41) is 2.69. The Bertz CT molecular complexity index is 923. The average molecular weight is 410 g/mol. The van der Waals surface area contributed by atoms with E-state index in [1.807, 2.05) is 0 Å². The molecular weight excluding hydrogens is 390 g/mol. The zero-order valence-electron chi connectivity index (χ0n) is 14.9. The fourth-order valence-electron chi connectivity index (χ4n) is 3.16. The third-order valence-electron chi connectivity index (χ3n) is 4.45. The van der Waals surface area contributed by atoms with Gasteiger partial charge in [0.15, 0.2) is 0 Å². The summed E-state index contributed by atoms with van der Waals surface area (Å²) in [6, 6.07) is 13.2. The van der Waals surface area contributed by atoms with Crippen molar-refractivity contribution in [1.29, 1.82) is 0 Å². The molecule has 0 spiro atoms. The zero-order chi connectivity index (χ0) is 20.1. The number of halogens is 2. The van der Waals surface area contributed by atoms with Crippen LogP contribution in [0.3, 0.4) is 0 Å². The van der Waals surface area contributed by atoms with E-state index >= 15 is 0 Å². The van der Waals surface area contributed by atoms with E-state index in [4.69, 9.17) is 0 Å². The van der Waals surface area contributed by atoms with Crippen molar-refractivity contribution in [1.82, 2.24) is 9.62 Å². The first kappa shape index (κ1) is 20.2. The van der Waals surface area contributed by atoms with Crippen LogP contribution in [0.1, 0.15) is 18.4 Å². The van der Waals surface area contributed by atoms with Gasteiger partial charge in [0.1, 0.15) is 11.8 Å². The number of alkyl halides is 2. The third-order valence-corrected chi connectivity index (χ3v) is 6.37. The normalized spacial score (nSPS) is 17.6. The molecule has 1 aliphatic heterocycles. The Hall–Kier alpha value is -2.52. The van der Waals surface area contributed by atoms with Crippen molar-refractivity contribution >= 4 is 15.9 Å². The maximum absolute atomic E-state index is 12.8. The molecule has 150 valence electrons. The lowest BCUT2D eigenvalue weighted by molar-refractivity contribution is -0.124. The Morgan fingerprint density at radius 2 is 1.93 bits per heavy atom. The van der Waals surface area contributed by atoms with Crippen LogP contribution in [0.25, 0.3) is 0 Å². The fraction of sp³-hybridized carbons (Fsp3) is 0.316. The first-order valence-corrected chi connectivity index (χ1v) is 10.2. The minimum atomic E-state index is -3.77. The molecule has 1 aliphatic rings. The van der Waals surface area contributed by atoms with E-state index in [0.29, 0.717) is 18.4 Å². The van der Waals surface area contributed by atoms with Crippen LogP contribution < -0.4 is 10.1 Å². The standard InChI is InChI=1S/C19H20F2N2O4S/c20-19(21)27-15-7-4-6-14(12-15)13-22-18(24)17-10-5-11-23(17)28(25,26)16-8-2-1-3-9-16/h1-4,6-9,12,17,19H,5,10-11,13H2,(H,22,24). The van der Waals surface area contributed by atoms with Gasteiger partial charge in [-0.2, -0.15) is 13.1 Å². The molecule has 1 N–H and O–H groups in total. The Morgan fingerprint density at radius 3 is 2.64 bits per heavy atom. The molecule has 3 rings (SSSR count). The summed E-state index contributed by atoms with van der Waals surface area (Å²) >= 11 is 0. The number of benzene rings is 2.